The first-order chi connectivity index (χ1) is 15.2. The maximum absolute atomic E-state index is 13.2. The summed E-state index contributed by atoms with van der Waals surface area (Å²) in [6.07, 6.45) is 1.54. The maximum Gasteiger partial charge on any atom is 0.276 e. The van der Waals surface area contributed by atoms with E-state index in [4.69, 9.17) is 8.94 Å². The lowest BCUT2D eigenvalue weighted by atomic mass is 10.1. The first-order valence-electron chi connectivity index (χ1n) is 9.83. The Balaban J connectivity index is 1.49. The molecule has 1 N–H and O–H groups in total. The lowest BCUT2D eigenvalue weighted by molar-refractivity contribution is -0.122. The van der Waals surface area contributed by atoms with Gasteiger partial charge >= 0.3 is 0 Å². The summed E-state index contributed by atoms with van der Waals surface area (Å²) in [4.78, 5) is 27.1. The van der Waals surface area contributed by atoms with Crippen molar-refractivity contribution in [2.75, 3.05) is 6.54 Å². The number of nitrogens with zero attached hydrogens (tertiary/aromatic N) is 2. The lowest BCUT2D eigenvalue weighted by Crippen LogP contribution is -2.40. The minimum absolute atomic E-state index is 0.123. The van der Waals surface area contributed by atoms with Crippen molar-refractivity contribution in [2.45, 2.75) is 13.1 Å². The summed E-state index contributed by atoms with van der Waals surface area (Å²) in [5.41, 5.74) is 1.87. The molecule has 0 radical (unpaired) electrons. The molecule has 0 aliphatic carbocycles. The highest BCUT2D eigenvalue weighted by molar-refractivity contribution is 5.95. The molecule has 4 rings (SSSR count). The Bertz CT molecular complexity index is 1120. The number of aromatic nitrogens is 1. The van der Waals surface area contributed by atoms with Crippen LogP contribution >= 0.6 is 0 Å². The minimum Gasteiger partial charge on any atom is -0.467 e. The number of rotatable bonds is 8. The second kappa shape index (κ2) is 9.58. The third kappa shape index (κ3) is 5.27. The molecule has 0 atom stereocenters. The van der Waals surface area contributed by atoms with Crippen molar-refractivity contribution in [3.63, 3.8) is 0 Å². The number of benzene rings is 2. The van der Waals surface area contributed by atoms with E-state index in [0.717, 1.165) is 11.1 Å². The second-order valence-electron chi connectivity index (χ2n) is 6.95. The maximum atomic E-state index is 13.2. The Morgan fingerprint density at radius 3 is 2.39 bits per heavy atom. The molecular formula is C24H21N3O4. The van der Waals surface area contributed by atoms with E-state index in [1.54, 1.807) is 24.5 Å². The van der Waals surface area contributed by atoms with Gasteiger partial charge in [0.1, 0.15) is 12.3 Å². The van der Waals surface area contributed by atoms with E-state index in [0.29, 0.717) is 11.5 Å². The van der Waals surface area contributed by atoms with Gasteiger partial charge in [0, 0.05) is 18.2 Å². The molecule has 7 heteroatoms. The van der Waals surface area contributed by atoms with Crippen molar-refractivity contribution >= 4 is 11.8 Å². The number of carbonyl (C=O) groups excluding carboxylic acids is 2. The molecule has 0 saturated heterocycles. The van der Waals surface area contributed by atoms with Gasteiger partial charge in [-0.2, -0.15) is 0 Å². The van der Waals surface area contributed by atoms with Crippen LogP contribution in [0.15, 0.2) is 94.1 Å². The fourth-order valence-corrected chi connectivity index (χ4v) is 3.11. The molecule has 0 aliphatic heterocycles. The summed E-state index contributed by atoms with van der Waals surface area (Å²) in [6.45, 7) is 0.394. The molecule has 2 amide bonds. The molecule has 4 aromatic rings. The fourth-order valence-electron chi connectivity index (χ4n) is 3.11. The van der Waals surface area contributed by atoms with Gasteiger partial charge in [-0.1, -0.05) is 65.8 Å². The molecule has 0 spiro atoms. The summed E-state index contributed by atoms with van der Waals surface area (Å²) in [6, 6.07) is 24.0. The van der Waals surface area contributed by atoms with E-state index in [-0.39, 0.29) is 37.1 Å². The van der Waals surface area contributed by atoms with Gasteiger partial charge in [0.05, 0.1) is 12.8 Å². The molecular weight excluding hydrogens is 394 g/mol. The Kier molecular flexibility index (Phi) is 6.23. The highest BCUT2D eigenvalue weighted by Gasteiger charge is 2.23. The fraction of sp³-hybridized carbons (Fsp3) is 0.125. The van der Waals surface area contributed by atoms with Crippen molar-refractivity contribution in [3.8, 4) is 11.3 Å². The molecule has 2 heterocycles. The molecule has 7 nitrogen and oxygen atoms in total. The Hall–Kier alpha value is -4.13. The van der Waals surface area contributed by atoms with E-state index < -0.39 is 0 Å². The zero-order chi connectivity index (χ0) is 21.5. The van der Waals surface area contributed by atoms with Crippen molar-refractivity contribution < 1.29 is 18.5 Å². The Morgan fingerprint density at radius 2 is 1.68 bits per heavy atom. The van der Waals surface area contributed by atoms with E-state index >= 15 is 0 Å². The standard InChI is InChI=1S/C24H21N3O4/c28-23(25-15-20-12-7-13-30-20)17-27(16-18-8-3-1-4-9-18)24(29)21-14-22(31-26-21)19-10-5-2-6-11-19/h1-14H,15-17H2,(H,25,28). The molecule has 0 bridgehead atoms. The Labute approximate surface area is 179 Å². The molecule has 0 unspecified atom stereocenters. The van der Waals surface area contributed by atoms with Gasteiger partial charge in [-0.25, -0.2) is 0 Å². The van der Waals surface area contributed by atoms with E-state index in [2.05, 4.69) is 10.5 Å². The predicted molar refractivity (Wildman–Crippen MR) is 114 cm³/mol. The van der Waals surface area contributed by atoms with Crippen molar-refractivity contribution in [1.29, 1.82) is 0 Å². The normalized spacial score (nSPS) is 10.6. The topological polar surface area (TPSA) is 88.6 Å². The molecule has 0 fully saturated rings. The van der Waals surface area contributed by atoms with Gasteiger partial charge in [0.2, 0.25) is 5.91 Å². The van der Waals surface area contributed by atoms with Crippen LogP contribution in [0.2, 0.25) is 0 Å². The summed E-state index contributed by atoms with van der Waals surface area (Å²) in [7, 11) is 0. The molecule has 0 saturated carbocycles. The highest BCUT2D eigenvalue weighted by atomic mass is 16.5. The summed E-state index contributed by atoms with van der Waals surface area (Å²) >= 11 is 0. The van der Waals surface area contributed by atoms with Crippen LogP contribution in [0.25, 0.3) is 11.3 Å². The van der Waals surface area contributed by atoms with Crippen LogP contribution < -0.4 is 5.32 Å². The number of carbonyl (C=O) groups is 2. The summed E-state index contributed by atoms with van der Waals surface area (Å²) in [5, 5.41) is 6.70. The van der Waals surface area contributed by atoms with Crippen molar-refractivity contribution in [3.05, 3.63) is 102 Å². The summed E-state index contributed by atoms with van der Waals surface area (Å²) in [5.74, 6) is 0.444. The average molecular weight is 415 g/mol. The first kappa shape index (κ1) is 20.2. The van der Waals surface area contributed by atoms with E-state index in [9.17, 15) is 9.59 Å². The molecule has 2 aromatic heterocycles. The molecule has 2 aromatic carbocycles. The molecule has 0 aliphatic rings. The van der Waals surface area contributed by atoms with Crippen LogP contribution in [-0.4, -0.2) is 28.4 Å². The van der Waals surface area contributed by atoms with Crippen LogP contribution in [0, 0.1) is 0 Å². The van der Waals surface area contributed by atoms with Gasteiger partial charge in [0.25, 0.3) is 5.91 Å². The van der Waals surface area contributed by atoms with Gasteiger partial charge in [-0.3, -0.25) is 9.59 Å². The third-order valence-electron chi connectivity index (χ3n) is 4.67. The second-order valence-corrected chi connectivity index (χ2v) is 6.95. The molecule has 156 valence electrons. The largest absolute Gasteiger partial charge is 0.467 e. The van der Waals surface area contributed by atoms with Gasteiger partial charge < -0.3 is 19.2 Å². The van der Waals surface area contributed by atoms with Gasteiger partial charge in [0.15, 0.2) is 11.5 Å². The van der Waals surface area contributed by atoms with Gasteiger partial charge in [-0.15, -0.1) is 0 Å². The number of hydrogen-bond acceptors (Lipinski definition) is 5. The number of amides is 2. The van der Waals surface area contributed by atoms with Crippen LogP contribution in [0.5, 0.6) is 0 Å². The SMILES string of the molecule is O=C(CN(Cc1ccccc1)C(=O)c1cc(-c2ccccc2)on1)NCc1ccco1. The number of hydrogen-bond donors (Lipinski definition) is 1. The van der Waals surface area contributed by atoms with Crippen molar-refractivity contribution in [2.24, 2.45) is 0 Å². The third-order valence-corrected chi connectivity index (χ3v) is 4.67. The van der Waals surface area contributed by atoms with Gasteiger partial charge in [-0.05, 0) is 17.7 Å². The number of nitrogens with one attached hydrogen (secondary N) is 1. The number of furan rings is 1. The average Bonchev–Trinajstić information content (AvgIpc) is 3.50. The van der Waals surface area contributed by atoms with Crippen molar-refractivity contribution in [1.82, 2.24) is 15.4 Å². The monoisotopic (exact) mass is 415 g/mol. The quantitative estimate of drug-likeness (QED) is 0.472. The minimum atomic E-state index is -0.386. The van der Waals surface area contributed by atoms with Crippen LogP contribution in [0.3, 0.4) is 0 Å². The van der Waals surface area contributed by atoms with Crippen LogP contribution in [-0.2, 0) is 17.9 Å². The van der Waals surface area contributed by atoms with E-state index in [1.807, 2.05) is 60.7 Å². The first-order valence-corrected chi connectivity index (χ1v) is 9.83. The lowest BCUT2D eigenvalue weighted by Gasteiger charge is -2.21. The van der Waals surface area contributed by atoms with E-state index in [1.165, 1.54) is 4.90 Å². The smallest absolute Gasteiger partial charge is 0.276 e. The predicted octanol–water partition coefficient (Wildman–Crippen LogP) is 3.89. The highest BCUT2D eigenvalue weighted by Crippen LogP contribution is 2.21. The summed E-state index contributed by atoms with van der Waals surface area (Å²) < 4.78 is 10.6. The van der Waals surface area contributed by atoms with Crippen LogP contribution in [0.4, 0.5) is 0 Å². The van der Waals surface area contributed by atoms with Crippen LogP contribution in [0.1, 0.15) is 21.8 Å². The molecule has 31 heavy (non-hydrogen) atoms. The Morgan fingerprint density at radius 1 is 0.935 bits per heavy atom. The zero-order valence-electron chi connectivity index (χ0n) is 16.7. The zero-order valence-corrected chi connectivity index (χ0v) is 16.7.